The lowest BCUT2D eigenvalue weighted by molar-refractivity contribution is -0.120. The highest BCUT2D eigenvalue weighted by atomic mass is 35.5. The van der Waals surface area contributed by atoms with E-state index in [-0.39, 0.29) is 10.9 Å². The molecule has 4 rings (SSSR count). The Labute approximate surface area is 215 Å². The van der Waals surface area contributed by atoms with Gasteiger partial charge in [-0.15, -0.1) is 0 Å². The summed E-state index contributed by atoms with van der Waals surface area (Å²) in [5, 5.41) is 3.81. The van der Waals surface area contributed by atoms with Gasteiger partial charge in [0.25, 0.3) is 5.91 Å². The molecular formula is C24H17Cl5N2O2. The van der Waals surface area contributed by atoms with E-state index in [0.717, 1.165) is 5.56 Å². The van der Waals surface area contributed by atoms with Gasteiger partial charge >= 0.3 is 0 Å². The molecule has 0 radical (unpaired) electrons. The first kappa shape index (κ1) is 24.2. The second kappa shape index (κ2) is 8.68. The quantitative estimate of drug-likeness (QED) is 0.344. The summed E-state index contributed by atoms with van der Waals surface area (Å²) in [6.07, 6.45) is 0. The van der Waals surface area contributed by atoms with Crippen LogP contribution in [0.5, 0.6) is 0 Å². The van der Waals surface area contributed by atoms with Crippen molar-refractivity contribution in [1.29, 1.82) is 0 Å². The van der Waals surface area contributed by atoms with Crippen LogP contribution in [0.4, 0.5) is 5.69 Å². The van der Waals surface area contributed by atoms with Crippen LogP contribution >= 0.6 is 58.0 Å². The SMILES string of the molecule is Cc1ccccc1C(=O)Nc1cc(C2(C(N)=O)C(c3cc(Cl)cc(Cl)c3)C2(Cl)Cl)ccc1Cl. The maximum atomic E-state index is 12.8. The van der Waals surface area contributed by atoms with Crippen LogP contribution in [0, 0.1) is 6.92 Å². The Balaban J connectivity index is 1.78. The van der Waals surface area contributed by atoms with Crippen LogP contribution in [-0.2, 0) is 10.2 Å². The summed E-state index contributed by atoms with van der Waals surface area (Å²) in [4.78, 5) is 25.6. The molecule has 3 aromatic rings. The largest absolute Gasteiger partial charge is 0.369 e. The highest BCUT2D eigenvalue weighted by Gasteiger charge is 2.80. The predicted octanol–water partition coefficient (Wildman–Crippen LogP) is 6.90. The lowest BCUT2D eigenvalue weighted by Gasteiger charge is -2.18. The summed E-state index contributed by atoms with van der Waals surface area (Å²) in [5.74, 6) is -1.80. The van der Waals surface area contributed by atoms with E-state index in [1.807, 2.05) is 19.1 Å². The topological polar surface area (TPSA) is 72.2 Å². The van der Waals surface area contributed by atoms with Gasteiger partial charge in [-0.25, -0.2) is 0 Å². The number of carbonyl (C=O) groups excluding carboxylic acids is 2. The van der Waals surface area contributed by atoms with E-state index >= 15 is 0 Å². The van der Waals surface area contributed by atoms with Gasteiger partial charge in [-0.2, -0.15) is 0 Å². The molecule has 3 aromatic carbocycles. The second-order valence-electron chi connectivity index (χ2n) is 7.89. The van der Waals surface area contributed by atoms with Crippen molar-refractivity contribution >= 4 is 75.5 Å². The van der Waals surface area contributed by atoms with E-state index in [1.54, 1.807) is 48.5 Å². The zero-order valence-corrected chi connectivity index (χ0v) is 20.9. The minimum Gasteiger partial charge on any atom is -0.369 e. The highest BCUT2D eigenvalue weighted by Crippen LogP contribution is 2.74. The minimum atomic E-state index is -1.57. The summed E-state index contributed by atoms with van der Waals surface area (Å²) in [7, 11) is 0. The van der Waals surface area contributed by atoms with Crippen LogP contribution in [0.1, 0.15) is 33.0 Å². The van der Waals surface area contributed by atoms with E-state index < -0.39 is 21.6 Å². The average molecular weight is 543 g/mol. The Bertz CT molecular complexity index is 1270. The minimum absolute atomic E-state index is 0.276. The van der Waals surface area contributed by atoms with Crippen LogP contribution in [0.2, 0.25) is 15.1 Å². The number of aryl methyl sites for hydroxylation is 1. The molecular weight excluding hydrogens is 526 g/mol. The van der Waals surface area contributed by atoms with Crippen LogP contribution in [0.15, 0.2) is 60.7 Å². The van der Waals surface area contributed by atoms with Gasteiger partial charge in [0.15, 0.2) is 0 Å². The Kier molecular flexibility index (Phi) is 6.36. The number of hydrogen-bond acceptors (Lipinski definition) is 2. The molecule has 2 unspecified atom stereocenters. The first-order valence-electron chi connectivity index (χ1n) is 9.81. The molecule has 170 valence electrons. The molecule has 33 heavy (non-hydrogen) atoms. The van der Waals surface area contributed by atoms with Gasteiger partial charge in [0.1, 0.15) is 9.75 Å². The number of carbonyl (C=O) groups is 2. The smallest absolute Gasteiger partial charge is 0.255 e. The van der Waals surface area contributed by atoms with Crippen molar-refractivity contribution in [1.82, 2.24) is 0 Å². The zero-order valence-electron chi connectivity index (χ0n) is 17.1. The summed E-state index contributed by atoms with van der Waals surface area (Å²) in [5.41, 5.74) is 6.92. The van der Waals surface area contributed by atoms with E-state index in [1.165, 1.54) is 0 Å². The van der Waals surface area contributed by atoms with Gasteiger partial charge in [-0.1, -0.05) is 82.3 Å². The fraction of sp³-hybridized carbons (Fsp3) is 0.167. The number of rotatable bonds is 5. The van der Waals surface area contributed by atoms with Crippen LogP contribution in [-0.4, -0.2) is 16.1 Å². The van der Waals surface area contributed by atoms with Crippen molar-refractivity contribution in [2.75, 3.05) is 5.32 Å². The normalized spacial score (nSPS) is 20.8. The second-order valence-corrected chi connectivity index (χ2v) is 10.6. The van der Waals surface area contributed by atoms with Crippen molar-refractivity contribution in [2.45, 2.75) is 22.6 Å². The fourth-order valence-corrected chi connectivity index (χ4v) is 6.10. The molecule has 1 aliphatic carbocycles. The number of hydrogen-bond donors (Lipinski definition) is 2. The fourth-order valence-electron chi connectivity index (χ4n) is 4.30. The maximum absolute atomic E-state index is 12.8. The molecule has 0 heterocycles. The summed E-state index contributed by atoms with van der Waals surface area (Å²) >= 11 is 32.0. The molecule has 0 bridgehead atoms. The number of nitrogens with one attached hydrogen (secondary N) is 1. The molecule has 3 N–H and O–H groups in total. The number of amides is 2. The monoisotopic (exact) mass is 540 g/mol. The molecule has 0 aromatic heterocycles. The van der Waals surface area contributed by atoms with E-state index in [9.17, 15) is 9.59 Å². The Morgan fingerprint density at radius 3 is 2.18 bits per heavy atom. The van der Waals surface area contributed by atoms with Crippen molar-refractivity contribution < 1.29 is 9.59 Å². The van der Waals surface area contributed by atoms with Crippen molar-refractivity contribution in [2.24, 2.45) is 5.73 Å². The number of benzene rings is 3. The number of primary amides is 1. The molecule has 1 saturated carbocycles. The summed E-state index contributed by atoms with van der Waals surface area (Å²) in [6.45, 7) is 1.83. The van der Waals surface area contributed by atoms with E-state index in [0.29, 0.717) is 32.4 Å². The molecule has 2 amide bonds. The third-order valence-electron chi connectivity index (χ3n) is 5.90. The van der Waals surface area contributed by atoms with Crippen molar-refractivity contribution in [3.63, 3.8) is 0 Å². The van der Waals surface area contributed by atoms with Gasteiger partial charge in [-0.3, -0.25) is 9.59 Å². The van der Waals surface area contributed by atoms with Gasteiger partial charge in [0.2, 0.25) is 5.91 Å². The predicted molar refractivity (Wildman–Crippen MR) is 135 cm³/mol. The standard InChI is InChI=1S/C24H17Cl5N2O2/c1-12-4-2-3-5-17(12)21(32)31-19-10-14(6-7-18(19)27)23(22(30)33)20(24(23,28)29)13-8-15(25)11-16(26)9-13/h2-11,20H,1H3,(H2,30,33)(H,31,32). The van der Waals surface area contributed by atoms with Crippen LogP contribution in [0.3, 0.4) is 0 Å². The average Bonchev–Trinajstić information content (AvgIpc) is 3.26. The lowest BCUT2D eigenvalue weighted by atomic mass is 9.89. The molecule has 0 saturated heterocycles. The number of nitrogens with two attached hydrogens (primary N) is 1. The van der Waals surface area contributed by atoms with Crippen molar-refractivity contribution in [3.05, 3.63) is 98.0 Å². The molecule has 4 nitrogen and oxygen atoms in total. The van der Waals surface area contributed by atoms with Gasteiger partial charge in [0, 0.05) is 21.5 Å². The molecule has 0 aliphatic heterocycles. The molecule has 2 atom stereocenters. The first-order chi connectivity index (χ1) is 15.5. The van der Waals surface area contributed by atoms with Crippen LogP contribution in [0.25, 0.3) is 0 Å². The maximum Gasteiger partial charge on any atom is 0.255 e. The van der Waals surface area contributed by atoms with Gasteiger partial charge < -0.3 is 11.1 Å². The van der Waals surface area contributed by atoms with E-state index in [2.05, 4.69) is 5.32 Å². The Hall–Kier alpha value is -1.95. The molecule has 0 spiro atoms. The lowest BCUT2D eigenvalue weighted by Crippen LogP contribution is -2.34. The zero-order chi connectivity index (χ0) is 24.1. The summed E-state index contributed by atoms with van der Waals surface area (Å²) in [6, 6.07) is 16.7. The summed E-state index contributed by atoms with van der Waals surface area (Å²) < 4.78 is -1.57. The van der Waals surface area contributed by atoms with Crippen LogP contribution < -0.4 is 11.1 Å². The molecule has 1 fully saturated rings. The Morgan fingerprint density at radius 1 is 0.939 bits per heavy atom. The number of halogens is 5. The third-order valence-corrected chi connectivity index (χ3v) is 7.70. The van der Waals surface area contributed by atoms with Crippen molar-refractivity contribution in [3.8, 4) is 0 Å². The van der Waals surface area contributed by atoms with Gasteiger partial charge in [0.05, 0.1) is 10.7 Å². The van der Waals surface area contributed by atoms with E-state index in [4.69, 9.17) is 63.7 Å². The number of alkyl halides is 2. The van der Waals surface area contributed by atoms with Gasteiger partial charge in [-0.05, 0) is 60.0 Å². The molecule has 1 aliphatic rings. The Morgan fingerprint density at radius 2 is 1.58 bits per heavy atom. The number of anilines is 1. The first-order valence-corrected chi connectivity index (χ1v) is 11.7. The third kappa shape index (κ3) is 3.98. The molecule has 9 heteroatoms. The highest BCUT2D eigenvalue weighted by molar-refractivity contribution is 6.55.